The van der Waals surface area contributed by atoms with Crippen molar-refractivity contribution < 1.29 is 14.8 Å². The lowest BCUT2D eigenvalue weighted by Crippen LogP contribution is -2.25. The molecule has 0 aliphatic heterocycles. The largest absolute Gasteiger partial charge is 0.393 e. The standard InChI is InChI=1S/C12H16N2O4/c1-9(15)5-4-8-13-12(16)10-6-2-3-7-11(10)14(17)18/h2-3,6-7,9,15H,4-5,8H2,1H3,(H,13,16). The molecule has 1 aromatic carbocycles. The third kappa shape index (κ3) is 4.14. The zero-order chi connectivity index (χ0) is 13.5. The number of nitrogens with one attached hydrogen (secondary N) is 1. The molecule has 0 aliphatic rings. The first kappa shape index (κ1) is 14.1. The number of carbonyl (C=O) groups excluding carboxylic acids is 1. The number of hydrogen-bond donors (Lipinski definition) is 2. The summed E-state index contributed by atoms with van der Waals surface area (Å²) in [4.78, 5) is 21.9. The van der Waals surface area contributed by atoms with Gasteiger partial charge in [-0.15, -0.1) is 0 Å². The Kier molecular flexibility index (Phi) is 5.26. The van der Waals surface area contributed by atoms with Gasteiger partial charge in [0.15, 0.2) is 0 Å². The van der Waals surface area contributed by atoms with Gasteiger partial charge in [0.2, 0.25) is 0 Å². The van der Waals surface area contributed by atoms with Crippen molar-refractivity contribution in [3.63, 3.8) is 0 Å². The number of nitro benzene ring substituents is 1. The minimum atomic E-state index is -0.579. The third-order valence-electron chi connectivity index (χ3n) is 2.43. The molecule has 98 valence electrons. The van der Waals surface area contributed by atoms with E-state index >= 15 is 0 Å². The fourth-order valence-electron chi connectivity index (χ4n) is 1.52. The number of aliphatic hydroxyl groups is 1. The van der Waals surface area contributed by atoms with E-state index in [2.05, 4.69) is 5.32 Å². The lowest BCUT2D eigenvalue weighted by Gasteiger charge is -2.06. The average molecular weight is 252 g/mol. The molecule has 6 heteroatoms. The zero-order valence-corrected chi connectivity index (χ0v) is 10.1. The SMILES string of the molecule is CC(O)CCCNC(=O)c1ccccc1[N+](=O)[O-]. The molecule has 0 aromatic heterocycles. The van der Waals surface area contributed by atoms with Gasteiger partial charge in [0.1, 0.15) is 5.56 Å². The van der Waals surface area contributed by atoms with E-state index in [1.165, 1.54) is 18.2 Å². The molecule has 0 aliphatic carbocycles. The van der Waals surface area contributed by atoms with Crippen molar-refractivity contribution in [3.05, 3.63) is 39.9 Å². The molecule has 0 heterocycles. The maximum Gasteiger partial charge on any atom is 0.282 e. The van der Waals surface area contributed by atoms with E-state index in [-0.39, 0.29) is 11.3 Å². The zero-order valence-electron chi connectivity index (χ0n) is 10.1. The molecule has 1 atom stereocenters. The van der Waals surface area contributed by atoms with Gasteiger partial charge in [-0.25, -0.2) is 0 Å². The van der Waals surface area contributed by atoms with Crippen LogP contribution in [-0.2, 0) is 0 Å². The minimum Gasteiger partial charge on any atom is -0.393 e. The highest BCUT2D eigenvalue weighted by Crippen LogP contribution is 2.17. The van der Waals surface area contributed by atoms with Gasteiger partial charge in [0.05, 0.1) is 11.0 Å². The lowest BCUT2D eigenvalue weighted by molar-refractivity contribution is -0.385. The van der Waals surface area contributed by atoms with E-state index in [4.69, 9.17) is 5.11 Å². The monoisotopic (exact) mass is 252 g/mol. The average Bonchev–Trinajstić information content (AvgIpc) is 2.34. The Morgan fingerprint density at radius 1 is 1.50 bits per heavy atom. The molecule has 0 saturated carbocycles. The van der Waals surface area contributed by atoms with Crippen LogP contribution in [-0.4, -0.2) is 28.6 Å². The first-order chi connectivity index (χ1) is 8.52. The smallest absolute Gasteiger partial charge is 0.282 e. The number of para-hydroxylation sites is 1. The van der Waals surface area contributed by atoms with E-state index < -0.39 is 16.9 Å². The second-order valence-corrected chi connectivity index (χ2v) is 4.02. The first-order valence-electron chi connectivity index (χ1n) is 5.72. The van der Waals surface area contributed by atoms with Crippen molar-refractivity contribution >= 4 is 11.6 Å². The van der Waals surface area contributed by atoms with Gasteiger partial charge in [-0.3, -0.25) is 14.9 Å². The summed E-state index contributed by atoms with van der Waals surface area (Å²) in [5.41, 5.74) is -0.148. The highest BCUT2D eigenvalue weighted by atomic mass is 16.6. The van der Waals surface area contributed by atoms with Crippen LogP contribution in [0.4, 0.5) is 5.69 Å². The number of nitrogens with zero attached hydrogens (tertiary/aromatic N) is 1. The number of hydrogen-bond acceptors (Lipinski definition) is 4. The maximum atomic E-state index is 11.7. The summed E-state index contributed by atoms with van der Waals surface area (Å²) in [5, 5.41) is 22.4. The Hall–Kier alpha value is -1.95. The molecule has 0 saturated heterocycles. The number of rotatable bonds is 6. The van der Waals surface area contributed by atoms with Crippen LogP contribution in [0, 0.1) is 10.1 Å². The summed E-state index contributed by atoms with van der Waals surface area (Å²) in [6.45, 7) is 2.06. The Morgan fingerprint density at radius 2 is 2.17 bits per heavy atom. The van der Waals surface area contributed by atoms with Crippen LogP contribution in [0.1, 0.15) is 30.1 Å². The first-order valence-corrected chi connectivity index (χ1v) is 5.72. The van der Waals surface area contributed by atoms with Crippen molar-refractivity contribution in [2.75, 3.05) is 6.54 Å². The van der Waals surface area contributed by atoms with Gasteiger partial charge in [-0.1, -0.05) is 12.1 Å². The highest BCUT2D eigenvalue weighted by molar-refractivity contribution is 5.98. The highest BCUT2D eigenvalue weighted by Gasteiger charge is 2.18. The van der Waals surface area contributed by atoms with Crippen LogP contribution >= 0.6 is 0 Å². The van der Waals surface area contributed by atoms with Gasteiger partial charge < -0.3 is 10.4 Å². The maximum absolute atomic E-state index is 11.7. The van der Waals surface area contributed by atoms with Crippen molar-refractivity contribution in [1.82, 2.24) is 5.32 Å². The number of carbonyl (C=O) groups is 1. The molecule has 2 N–H and O–H groups in total. The molecule has 1 unspecified atom stereocenters. The van der Waals surface area contributed by atoms with Gasteiger partial charge in [0, 0.05) is 12.6 Å². The van der Waals surface area contributed by atoms with Crippen LogP contribution < -0.4 is 5.32 Å². The summed E-state index contributed by atoms with van der Waals surface area (Å²) < 4.78 is 0. The van der Waals surface area contributed by atoms with Gasteiger partial charge in [-0.05, 0) is 25.8 Å². The quantitative estimate of drug-likeness (QED) is 0.455. The Morgan fingerprint density at radius 3 is 2.78 bits per heavy atom. The molecule has 18 heavy (non-hydrogen) atoms. The van der Waals surface area contributed by atoms with Crippen molar-refractivity contribution in [3.8, 4) is 0 Å². The summed E-state index contributed by atoms with van der Waals surface area (Å²) >= 11 is 0. The molecular weight excluding hydrogens is 236 g/mol. The van der Waals surface area contributed by atoms with Crippen molar-refractivity contribution in [2.45, 2.75) is 25.9 Å². The van der Waals surface area contributed by atoms with Crippen molar-refractivity contribution in [2.24, 2.45) is 0 Å². The molecule has 0 radical (unpaired) electrons. The Labute approximate surface area is 105 Å². The summed E-state index contributed by atoms with van der Waals surface area (Å²) in [6.07, 6.45) is 0.800. The molecule has 1 rings (SSSR count). The van der Waals surface area contributed by atoms with Crippen molar-refractivity contribution in [1.29, 1.82) is 0 Å². The topological polar surface area (TPSA) is 92.5 Å². The number of aliphatic hydroxyl groups excluding tert-OH is 1. The van der Waals surface area contributed by atoms with E-state index in [1.807, 2.05) is 0 Å². The molecule has 0 bridgehead atoms. The Bertz CT molecular complexity index is 432. The third-order valence-corrected chi connectivity index (χ3v) is 2.43. The molecule has 6 nitrogen and oxygen atoms in total. The van der Waals surface area contributed by atoms with E-state index in [0.29, 0.717) is 19.4 Å². The predicted octanol–water partition coefficient (Wildman–Crippen LogP) is 1.49. The van der Waals surface area contributed by atoms with Crippen LogP contribution in [0.15, 0.2) is 24.3 Å². The van der Waals surface area contributed by atoms with Gasteiger partial charge in [-0.2, -0.15) is 0 Å². The van der Waals surface area contributed by atoms with E-state index in [9.17, 15) is 14.9 Å². The fourth-order valence-corrected chi connectivity index (χ4v) is 1.52. The van der Waals surface area contributed by atoms with Gasteiger partial charge in [0.25, 0.3) is 11.6 Å². The summed E-state index contributed by atoms with van der Waals surface area (Å²) in [5.74, 6) is -0.465. The minimum absolute atomic E-state index is 0.0551. The molecule has 0 spiro atoms. The summed E-state index contributed by atoms with van der Waals surface area (Å²) in [6, 6.07) is 5.81. The number of nitro groups is 1. The number of amides is 1. The van der Waals surface area contributed by atoms with E-state index in [0.717, 1.165) is 0 Å². The second-order valence-electron chi connectivity index (χ2n) is 4.02. The normalized spacial score (nSPS) is 11.9. The molecule has 0 fully saturated rings. The van der Waals surface area contributed by atoms with Crippen LogP contribution in [0.5, 0.6) is 0 Å². The molecular formula is C12H16N2O4. The number of benzene rings is 1. The second kappa shape index (κ2) is 6.70. The molecule has 1 amide bonds. The molecule has 1 aromatic rings. The summed E-state index contributed by atoms with van der Waals surface area (Å²) in [7, 11) is 0. The van der Waals surface area contributed by atoms with Gasteiger partial charge >= 0.3 is 0 Å². The van der Waals surface area contributed by atoms with Crippen LogP contribution in [0.2, 0.25) is 0 Å². The van der Waals surface area contributed by atoms with Crippen LogP contribution in [0.3, 0.4) is 0 Å². The van der Waals surface area contributed by atoms with E-state index in [1.54, 1.807) is 13.0 Å². The fraction of sp³-hybridized carbons (Fsp3) is 0.417. The van der Waals surface area contributed by atoms with Crippen LogP contribution in [0.25, 0.3) is 0 Å². The lowest BCUT2D eigenvalue weighted by atomic mass is 10.1. The predicted molar refractivity (Wildman–Crippen MR) is 66.3 cm³/mol. The Balaban J connectivity index is 2.59.